The number of nitrogens with zero attached hydrogens (tertiary/aromatic N) is 1. The Labute approximate surface area is 96.6 Å². The van der Waals surface area contributed by atoms with E-state index >= 15 is 0 Å². The quantitative estimate of drug-likeness (QED) is 0.336. The lowest BCUT2D eigenvalue weighted by Gasteiger charge is -2.01. The van der Waals surface area contributed by atoms with Crippen molar-refractivity contribution in [2.75, 3.05) is 18.6 Å². The first-order valence-electron chi connectivity index (χ1n) is 4.68. The van der Waals surface area contributed by atoms with Gasteiger partial charge in [-0.15, -0.1) is 0 Å². The first-order chi connectivity index (χ1) is 7.61. The maximum atomic E-state index is 11.0. The monoisotopic (exact) mass is 243 g/mol. The molecule has 1 heterocycles. The van der Waals surface area contributed by atoms with Gasteiger partial charge >= 0.3 is 5.97 Å². The van der Waals surface area contributed by atoms with Crippen LogP contribution in [0.15, 0.2) is 16.0 Å². The van der Waals surface area contributed by atoms with Crippen LogP contribution in [-0.2, 0) is 9.53 Å². The summed E-state index contributed by atoms with van der Waals surface area (Å²) >= 11 is 1.35. The molecule has 16 heavy (non-hydrogen) atoms. The van der Waals surface area contributed by atoms with Crippen LogP contribution in [0.2, 0.25) is 0 Å². The molecule has 0 saturated carbocycles. The number of nitrogens with one attached hydrogen (secondary N) is 1. The van der Waals surface area contributed by atoms with E-state index in [-0.39, 0.29) is 17.3 Å². The van der Waals surface area contributed by atoms with E-state index in [9.17, 15) is 9.59 Å². The van der Waals surface area contributed by atoms with E-state index in [1.165, 1.54) is 24.9 Å². The van der Waals surface area contributed by atoms with Crippen molar-refractivity contribution in [1.82, 2.24) is 9.97 Å². The van der Waals surface area contributed by atoms with Gasteiger partial charge in [-0.05, 0) is 6.42 Å². The van der Waals surface area contributed by atoms with Gasteiger partial charge in [0.2, 0.25) is 0 Å². The highest BCUT2D eigenvalue weighted by Crippen LogP contribution is 2.13. The van der Waals surface area contributed by atoms with E-state index in [0.717, 1.165) is 0 Å². The van der Waals surface area contributed by atoms with Crippen molar-refractivity contribution in [1.29, 1.82) is 0 Å². The Morgan fingerprint density at radius 2 is 2.44 bits per heavy atom. The lowest BCUT2D eigenvalue weighted by atomic mass is 10.3. The predicted molar refractivity (Wildman–Crippen MR) is 61.2 cm³/mol. The number of thioether (sulfide) groups is 1. The number of ether oxygens (including phenoxy) is 1. The van der Waals surface area contributed by atoms with Gasteiger partial charge in [-0.1, -0.05) is 11.8 Å². The molecule has 0 fully saturated rings. The Hall–Kier alpha value is -1.50. The topological polar surface area (TPSA) is 98.1 Å². The van der Waals surface area contributed by atoms with Gasteiger partial charge in [-0.25, -0.2) is 4.98 Å². The fraction of sp³-hybridized carbons (Fsp3) is 0.444. The second-order valence-corrected chi connectivity index (χ2v) is 4.09. The average molecular weight is 243 g/mol. The maximum Gasteiger partial charge on any atom is 0.305 e. The highest BCUT2D eigenvalue weighted by Gasteiger charge is 2.02. The second-order valence-electron chi connectivity index (χ2n) is 3.00. The smallest absolute Gasteiger partial charge is 0.305 e. The number of anilines is 1. The summed E-state index contributed by atoms with van der Waals surface area (Å²) in [4.78, 5) is 28.3. The molecule has 0 amide bonds. The SMILES string of the molecule is COC(=O)CCCSc1nc(N)cc(=O)[nH]1. The molecule has 0 aliphatic heterocycles. The van der Waals surface area contributed by atoms with Gasteiger partial charge in [-0.2, -0.15) is 0 Å². The van der Waals surface area contributed by atoms with Gasteiger partial charge in [-0.3, -0.25) is 9.59 Å². The molecule has 1 rings (SSSR count). The lowest BCUT2D eigenvalue weighted by Crippen LogP contribution is -2.09. The largest absolute Gasteiger partial charge is 0.469 e. The number of rotatable bonds is 5. The molecule has 0 atom stereocenters. The number of hydrogen-bond donors (Lipinski definition) is 2. The zero-order valence-corrected chi connectivity index (χ0v) is 9.67. The number of H-pyrrole nitrogens is 1. The van der Waals surface area contributed by atoms with Crippen LogP contribution in [0, 0.1) is 0 Å². The van der Waals surface area contributed by atoms with Gasteiger partial charge in [0, 0.05) is 18.2 Å². The minimum absolute atomic E-state index is 0.194. The number of nitrogens with two attached hydrogens (primary N) is 1. The molecule has 88 valence electrons. The van der Waals surface area contributed by atoms with Gasteiger partial charge in [0.1, 0.15) is 5.82 Å². The number of carbonyl (C=O) groups excluding carboxylic acids is 1. The van der Waals surface area contributed by atoms with Crippen LogP contribution in [-0.4, -0.2) is 28.8 Å². The molecule has 0 saturated heterocycles. The Bertz CT molecular complexity index is 419. The molecule has 7 heteroatoms. The number of hydrogen-bond acceptors (Lipinski definition) is 6. The summed E-state index contributed by atoms with van der Waals surface area (Å²) in [5.74, 6) is 0.621. The summed E-state index contributed by atoms with van der Waals surface area (Å²) in [6, 6.07) is 1.22. The van der Waals surface area contributed by atoms with Crippen LogP contribution in [0.3, 0.4) is 0 Å². The van der Waals surface area contributed by atoms with E-state index in [4.69, 9.17) is 5.73 Å². The Morgan fingerprint density at radius 1 is 1.69 bits per heavy atom. The summed E-state index contributed by atoms with van der Waals surface area (Å²) in [6.45, 7) is 0. The number of methoxy groups -OCH3 is 1. The highest BCUT2D eigenvalue weighted by molar-refractivity contribution is 7.99. The molecule has 0 aliphatic rings. The molecule has 1 aromatic heterocycles. The predicted octanol–water partition coefficient (Wildman–Crippen LogP) is 0.397. The van der Waals surface area contributed by atoms with Crippen molar-refractivity contribution in [3.63, 3.8) is 0 Å². The molecule has 1 aromatic rings. The van der Waals surface area contributed by atoms with E-state index in [1.807, 2.05) is 0 Å². The fourth-order valence-electron chi connectivity index (χ4n) is 1.01. The zero-order chi connectivity index (χ0) is 12.0. The first-order valence-corrected chi connectivity index (χ1v) is 5.67. The third-order valence-corrected chi connectivity index (χ3v) is 2.69. The van der Waals surface area contributed by atoms with Gasteiger partial charge < -0.3 is 15.5 Å². The van der Waals surface area contributed by atoms with Crippen LogP contribution in [0.1, 0.15) is 12.8 Å². The van der Waals surface area contributed by atoms with E-state index in [0.29, 0.717) is 23.8 Å². The molecule has 3 N–H and O–H groups in total. The Morgan fingerprint density at radius 3 is 3.06 bits per heavy atom. The molecule has 0 bridgehead atoms. The third kappa shape index (κ3) is 4.35. The third-order valence-electron chi connectivity index (χ3n) is 1.73. The van der Waals surface area contributed by atoms with Crippen molar-refractivity contribution >= 4 is 23.5 Å². The van der Waals surface area contributed by atoms with Crippen molar-refractivity contribution in [2.24, 2.45) is 0 Å². The summed E-state index contributed by atoms with van der Waals surface area (Å²) in [7, 11) is 1.35. The molecule has 0 radical (unpaired) electrons. The Kier molecular flexibility index (Phi) is 4.84. The molecule has 6 nitrogen and oxygen atoms in total. The van der Waals surface area contributed by atoms with Gasteiger partial charge in [0.25, 0.3) is 5.56 Å². The minimum atomic E-state index is -0.275. The number of aromatic nitrogens is 2. The average Bonchev–Trinajstić information content (AvgIpc) is 2.22. The minimum Gasteiger partial charge on any atom is -0.469 e. The fourth-order valence-corrected chi connectivity index (χ4v) is 1.83. The molecule has 0 aliphatic carbocycles. The molecule has 0 aromatic carbocycles. The normalized spacial score (nSPS) is 10.1. The van der Waals surface area contributed by atoms with Gasteiger partial charge in [0.05, 0.1) is 7.11 Å². The van der Waals surface area contributed by atoms with E-state index in [1.54, 1.807) is 0 Å². The summed E-state index contributed by atoms with van der Waals surface area (Å²) < 4.78 is 4.50. The standard InChI is InChI=1S/C9H13N3O3S/c1-15-8(14)3-2-4-16-9-11-6(10)5-7(13)12-9/h5H,2-4H2,1H3,(H3,10,11,12,13). The maximum absolute atomic E-state index is 11.0. The van der Waals surface area contributed by atoms with Crippen LogP contribution in [0.5, 0.6) is 0 Å². The van der Waals surface area contributed by atoms with Crippen molar-refractivity contribution in [3.8, 4) is 0 Å². The zero-order valence-electron chi connectivity index (χ0n) is 8.86. The molecular weight excluding hydrogens is 230 g/mol. The van der Waals surface area contributed by atoms with Crippen molar-refractivity contribution in [2.45, 2.75) is 18.0 Å². The summed E-state index contributed by atoms with van der Waals surface area (Å²) in [6.07, 6.45) is 1.02. The summed E-state index contributed by atoms with van der Waals surface area (Å²) in [5.41, 5.74) is 5.14. The number of aromatic amines is 1. The number of carbonyl (C=O) groups is 1. The summed E-state index contributed by atoms with van der Waals surface area (Å²) in [5, 5.41) is 0.467. The van der Waals surface area contributed by atoms with Gasteiger partial charge in [0.15, 0.2) is 5.16 Å². The highest BCUT2D eigenvalue weighted by atomic mass is 32.2. The van der Waals surface area contributed by atoms with Crippen LogP contribution in [0.25, 0.3) is 0 Å². The van der Waals surface area contributed by atoms with Crippen molar-refractivity contribution in [3.05, 3.63) is 16.4 Å². The molecule has 0 unspecified atom stereocenters. The number of nitrogen functional groups attached to an aromatic ring is 1. The van der Waals surface area contributed by atoms with Crippen LogP contribution < -0.4 is 11.3 Å². The van der Waals surface area contributed by atoms with E-state index in [2.05, 4.69) is 14.7 Å². The second kappa shape index (κ2) is 6.16. The van der Waals surface area contributed by atoms with Crippen LogP contribution in [0.4, 0.5) is 5.82 Å². The van der Waals surface area contributed by atoms with Crippen molar-refractivity contribution < 1.29 is 9.53 Å². The molecular formula is C9H13N3O3S. The van der Waals surface area contributed by atoms with E-state index < -0.39 is 0 Å². The molecule has 0 spiro atoms. The van der Waals surface area contributed by atoms with Crippen LogP contribution >= 0.6 is 11.8 Å². The Balaban J connectivity index is 2.37. The first kappa shape index (κ1) is 12.6. The number of esters is 1. The lowest BCUT2D eigenvalue weighted by molar-refractivity contribution is -0.140.